The number of nitrogens with one attached hydrogen (secondary N) is 1. The van der Waals surface area contributed by atoms with Crippen LogP contribution in [-0.2, 0) is 14.8 Å². The Morgan fingerprint density at radius 2 is 1.79 bits per heavy atom. The summed E-state index contributed by atoms with van der Waals surface area (Å²) in [5, 5.41) is 14.0. The fourth-order valence-corrected chi connectivity index (χ4v) is 5.33. The molecule has 1 N–H and O–H groups in total. The van der Waals surface area contributed by atoms with Gasteiger partial charge < -0.3 is 10.1 Å². The molecule has 1 aromatic rings. The molecule has 0 bridgehead atoms. The monoisotopic (exact) mass is 355 g/mol. The summed E-state index contributed by atoms with van der Waals surface area (Å²) in [6, 6.07) is 5.11. The summed E-state index contributed by atoms with van der Waals surface area (Å²) in [6.45, 7) is 2.85. The van der Waals surface area contributed by atoms with Crippen LogP contribution in [0.5, 0.6) is 0 Å². The predicted molar refractivity (Wildman–Crippen MR) is 87.3 cm³/mol. The van der Waals surface area contributed by atoms with Crippen LogP contribution in [-0.4, -0.2) is 56.0 Å². The highest BCUT2D eigenvalue weighted by Crippen LogP contribution is 2.36. The van der Waals surface area contributed by atoms with Crippen molar-refractivity contribution in [2.45, 2.75) is 29.7 Å². The maximum atomic E-state index is 13.2. The number of non-ortho nitro benzene ring substituents is 1. The van der Waals surface area contributed by atoms with Gasteiger partial charge in [0.1, 0.15) is 0 Å². The van der Waals surface area contributed by atoms with Crippen molar-refractivity contribution in [1.82, 2.24) is 9.62 Å². The third kappa shape index (κ3) is 3.16. The summed E-state index contributed by atoms with van der Waals surface area (Å²) in [6.07, 6.45) is 2.07. The first kappa shape index (κ1) is 17.3. The summed E-state index contributed by atoms with van der Waals surface area (Å²) in [5.41, 5.74) is -0.560. The van der Waals surface area contributed by atoms with Gasteiger partial charge in [0.2, 0.25) is 10.0 Å². The van der Waals surface area contributed by atoms with E-state index in [1.807, 2.05) is 0 Å². The standard InChI is InChI=1S/C15H21N3O5S/c19-18(20)13-1-3-14(4-2-13)24(21,22)17-10-9-16-8-5-15(17)6-11-23-12-7-15/h1-4,16H,5-12H2. The van der Waals surface area contributed by atoms with Crippen LogP contribution in [0.1, 0.15) is 19.3 Å². The van der Waals surface area contributed by atoms with E-state index >= 15 is 0 Å². The lowest BCUT2D eigenvalue weighted by Gasteiger charge is -2.44. The molecule has 0 aromatic heterocycles. The zero-order valence-corrected chi connectivity index (χ0v) is 14.1. The van der Waals surface area contributed by atoms with Gasteiger partial charge in [-0.25, -0.2) is 8.42 Å². The maximum absolute atomic E-state index is 13.2. The number of nitrogens with zero attached hydrogens (tertiary/aromatic N) is 2. The molecule has 24 heavy (non-hydrogen) atoms. The molecular formula is C15H21N3O5S. The van der Waals surface area contributed by atoms with Crippen molar-refractivity contribution < 1.29 is 18.1 Å². The lowest BCUT2D eigenvalue weighted by Crippen LogP contribution is -2.54. The summed E-state index contributed by atoms with van der Waals surface area (Å²) in [4.78, 5) is 10.3. The fourth-order valence-electron chi connectivity index (χ4n) is 3.48. The number of rotatable bonds is 3. The van der Waals surface area contributed by atoms with Crippen LogP contribution in [0.4, 0.5) is 5.69 Å². The Balaban J connectivity index is 1.97. The first-order chi connectivity index (χ1) is 11.5. The number of hydrogen-bond acceptors (Lipinski definition) is 6. The van der Waals surface area contributed by atoms with Crippen molar-refractivity contribution in [3.63, 3.8) is 0 Å². The van der Waals surface area contributed by atoms with Crippen LogP contribution < -0.4 is 5.32 Å². The molecule has 2 aliphatic heterocycles. The van der Waals surface area contributed by atoms with Crippen LogP contribution in [0.3, 0.4) is 0 Å². The highest BCUT2D eigenvalue weighted by Gasteiger charge is 2.45. The third-order valence-corrected chi connectivity index (χ3v) is 6.86. The van der Waals surface area contributed by atoms with E-state index in [0.29, 0.717) is 39.1 Å². The molecule has 3 rings (SSSR count). The van der Waals surface area contributed by atoms with E-state index in [4.69, 9.17) is 4.74 Å². The molecule has 0 radical (unpaired) electrons. The molecule has 2 heterocycles. The molecule has 2 fully saturated rings. The van der Waals surface area contributed by atoms with Gasteiger partial charge in [-0.3, -0.25) is 10.1 Å². The summed E-state index contributed by atoms with van der Waals surface area (Å²) in [5.74, 6) is 0. The molecule has 0 saturated carbocycles. The predicted octanol–water partition coefficient (Wildman–Crippen LogP) is 1.13. The summed E-state index contributed by atoms with van der Waals surface area (Å²) < 4.78 is 33.4. The van der Waals surface area contributed by atoms with Crippen LogP contribution in [0, 0.1) is 10.1 Å². The minimum Gasteiger partial charge on any atom is -0.381 e. The quantitative estimate of drug-likeness (QED) is 0.644. The normalized spacial score (nSPS) is 22.2. The molecule has 1 spiro atoms. The number of hydrogen-bond donors (Lipinski definition) is 1. The Labute approximate surface area is 141 Å². The van der Waals surface area contributed by atoms with Crippen LogP contribution in [0.15, 0.2) is 29.2 Å². The van der Waals surface area contributed by atoms with Gasteiger partial charge in [-0.1, -0.05) is 0 Å². The fraction of sp³-hybridized carbons (Fsp3) is 0.600. The van der Waals surface area contributed by atoms with Crippen LogP contribution >= 0.6 is 0 Å². The second kappa shape index (κ2) is 6.75. The van der Waals surface area contributed by atoms with Gasteiger partial charge in [0.05, 0.1) is 9.82 Å². The smallest absolute Gasteiger partial charge is 0.269 e. The van der Waals surface area contributed by atoms with Gasteiger partial charge >= 0.3 is 0 Å². The second-order valence-corrected chi connectivity index (χ2v) is 8.03. The van der Waals surface area contributed by atoms with Crippen molar-refractivity contribution in [1.29, 1.82) is 0 Å². The topological polar surface area (TPSA) is 102 Å². The van der Waals surface area contributed by atoms with E-state index in [1.165, 1.54) is 24.3 Å². The number of sulfonamides is 1. The van der Waals surface area contributed by atoms with Gasteiger partial charge in [-0.15, -0.1) is 0 Å². The highest BCUT2D eigenvalue weighted by molar-refractivity contribution is 7.89. The van der Waals surface area contributed by atoms with Crippen molar-refractivity contribution >= 4 is 15.7 Å². The second-order valence-electron chi connectivity index (χ2n) is 6.16. The van der Waals surface area contributed by atoms with Gasteiger partial charge in [-0.05, 0) is 37.9 Å². The Morgan fingerprint density at radius 3 is 2.42 bits per heavy atom. The highest BCUT2D eigenvalue weighted by atomic mass is 32.2. The molecule has 0 unspecified atom stereocenters. The average molecular weight is 355 g/mol. The first-order valence-electron chi connectivity index (χ1n) is 8.02. The van der Waals surface area contributed by atoms with E-state index < -0.39 is 20.5 Å². The summed E-state index contributed by atoms with van der Waals surface area (Å²) in [7, 11) is -3.72. The molecule has 2 aliphatic rings. The molecule has 132 valence electrons. The van der Waals surface area contributed by atoms with Crippen molar-refractivity contribution in [3.8, 4) is 0 Å². The van der Waals surface area contributed by atoms with Crippen molar-refractivity contribution in [2.24, 2.45) is 0 Å². The van der Waals surface area contributed by atoms with Crippen molar-refractivity contribution in [3.05, 3.63) is 34.4 Å². The lowest BCUT2D eigenvalue weighted by molar-refractivity contribution is -0.384. The zero-order chi connectivity index (χ0) is 17.2. The number of nitro groups is 1. The molecule has 8 nitrogen and oxygen atoms in total. The van der Waals surface area contributed by atoms with Crippen molar-refractivity contribution in [2.75, 3.05) is 32.8 Å². The average Bonchev–Trinajstić information content (AvgIpc) is 2.78. The Morgan fingerprint density at radius 1 is 1.12 bits per heavy atom. The minimum atomic E-state index is -3.72. The Bertz CT molecular complexity index is 698. The van der Waals surface area contributed by atoms with Crippen LogP contribution in [0.2, 0.25) is 0 Å². The van der Waals surface area contributed by atoms with E-state index in [0.717, 1.165) is 13.0 Å². The van der Waals surface area contributed by atoms with Crippen LogP contribution in [0.25, 0.3) is 0 Å². The third-order valence-electron chi connectivity index (χ3n) is 4.85. The molecule has 0 atom stereocenters. The molecule has 1 aromatic carbocycles. The number of nitro benzene ring substituents is 1. The van der Waals surface area contributed by atoms with Gasteiger partial charge in [-0.2, -0.15) is 4.31 Å². The molecule has 2 saturated heterocycles. The van der Waals surface area contributed by atoms with E-state index in [9.17, 15) is 18.5 Å². The van der Waals surface area contributed by atoms with E-state index in [1.54, 1.807) is 4.31 Å². The number of benzene rings is 1. The number of ether oxygens (including phenoxy) is 1. The minimum absolute atomic E-state index is 0.0980. The first-order valence-corrected chi connectivity index (χ1v) is 9.46. The SMILES string of the molecule is O=[N+]([O-])c1ccc(S(=O)(=O)N2CCNCCC23CCOCC3)cc1. The summed E-state index contributed by atoms with van der Waals surface area (Å²) >= 11 is 0. The van der Waals surface area contributed by atoms with E-state index in [2.05, 4.69) is 5.32 Å². The van der Waals surface area contributed by atoms with Gasteiger partial charge in [0.15, 0.2) is 0 Å². The lowest BCUT2D eigenvalue weighted by atomic mass is 9.87. The van der Waals surface area contributed by atoms with Gasteiger partial charge in [0, 0.05) is 44.0 Å². The Kier molecular flexibility index (Phi) is 4.86. The zero-order valence-electron chi connectivity index (χ0n) is 13.3. The van der Waals surface area contributed by atoms with Gasteiger partial charge in [0.25, 0.3) is 5.69 Å². The molecule has 0 aliphatic carbocycles. The molecule has 0 amide bonds. The van der Waals surface area contributed by atoms with E-state index in [-0.39, 0.29) is 10.6 Å². The largest absolute Gasteiger partial charge is 0.381 e. The molecular weight excluding hydrogens is 334 g/mol. The molecule has 9 heteroatoms. The Hall–Kier alpha value is -1.55. The maximum Gasteiger partial charge on any atom is 0.269 e.